The summed E-state index contributed by atoms with van der Waals surface area (Å²) in [5.41, 5.74) is -3.76. The Morgan fingerprint density at radius 3 is 2.32 bits per heavy atom. The quantitative estimate of drug-likeness (QED) is 0.141. The van der Waals surface area contributed by atoms with Crippen LogP contribution in [-0.4, -0.2) is 46.4 Å². The lowest BCUT2D eigenvalue weighted by molar-refractivity contribution is -0.144. The topological polar surface area (TPSA) is 108 Å². The highest BCUT2D eigenvalue weighted by Crippen LogP contribution is 2.51. The monoisotopic (exact) mass is 678 g/mol. The number of rotatable bonds is 9. The van der Waals surface area contributed by atoms with Crippen molar-refractivity contribution < 1.29 is 33.7 Å². The van der Waals surface area contributed by atoms with Gasteiger partial charge in [0.15, 0.2) is 5.72 Å². The van der Waals surface area contributed by atoms with E-state index in [9.17, 15) is 19.8 Å². The van der Waals surface area contributed by atoms with Gasteiger partial charge in [-0.15, -0.1) is 0 Å². The third-order valence-corrected chi connectivity index (χ3v) is 9.62. The first-order chi connectivity index (χ1) is 22.5. The number of carbonyl (C=O) groups is 2. The van der Waals surface area contributed by atoms with Crippen molar-refractivity contribution in [1.82, 2.24) is 10.2 Å². The molecule has 6 rings (SSSR count). The lowest BCUT2D eigenvalue weighted by Crippen LogP contribution is -2.50. The maximum atomic E-state index is 16.6. The number of fused-ring (bicyclic) bond motifs is 1. The molecule has 5 atom stereocenters. The van der Waals surface area contributed by atoms with Gasteiger partial charge < -0.3 is 19.7 Å². The van der Waals surface area contributed by atoms with Gasteiger partial charge in [0.1, 0.15) is 17.2 Å². The molecule has 0 aliphatic carbocycles. The molecule has 1 fully saturated rings. The van der Waals surface area contributed by atoms with Crippen LogP contribution in [0.2, 0.25) is 10.0 Å². The van der Waals surface area contributed by atoms with Crippen molar-refractivity contribution in [3.05, 3.63) is 135 Å². The van der Waals surface area contributed by atoms with Gasteiger partial charge in [-0.3, -0.25) is 19.8 Å². The molecule has 0 saturated carbocycles. The summed E-state index contributed by atoms with van der Waals surface area (Å²) in [5.74, 6) is -3.14. The van der Waals surface area contributed by atoms with Crippen LogP contribution in [0, 0.1) is 11.7 Å². The second kappa shape index (κ2) is 13.0. The van der Waals surface area contributed by atoms with Crippen molar-refractivity contribution >= 4 is 35.1 Å². The normalized spacial score (nSPS) is 21.6. The number of aliphatic hydroxyl groups is 2. The summed E-state index contributed by atoms with van der Waals surface area (Å²) in [4.78, 5) is 29.6. The molecule has 3 N–H and O–H groups in total. The average Bonchev–Trinajstić information content (AvgIpc) is 3.69. The predicted molar refractivity (Wildman–Crippen MR) is 174 cm³/mol. The second-order valence-electron chi connectivity index (χ2n) is 11.8. The van der Waals surface area contributed by atoms with Crippen molar-refractivity contribution in [2.24, 2.45) is 5.92 Å². The standard InChI is InChI=1S/C36H33Cl2FN2O6/c1-3-35(44,30-19-46-20-40-30)24-17-28-31(29(39)18-24)36(45,23-11-15-26(38)16-12-23)41(33(28)42)32(22-9-13-25(37)14-10-22)21(2)34(43)47-27-7-5-4-6-8-27/h4-18,21,30,32,40,44-45H,3,19-20H2,1-2H3/t21-,30?,32-,35-,36+/m0/s1. The maximum absolute atomic E-state index is 16.6. The Kier molecular flexibility index (Phi) is 9.15. The van der Waals surface area contributed by atoms with Crippen molar-refractivity contribution in [3.63, 3.8) is 0 Å². The van der Waals surface area contributed by atoms with Gasteiger partial charge in [-0.2, -0.15) is 0 Å². The van der Waals surface area contributed by atoms with Crippen LogP contribution in [0.5, 0.6) is 5.75 Å². The molecule has 47 heavy (non-hydrogen) atoms. The van der Waals surface area contributed by atoms with Gasteiger partial charge in [0.25, 0.3) is 5.91 Å². The number of ether oxygens (including phenoxy) is 2. The Morgan fingerprint density at radius 1 is 1.09 bits per heavy atom. The molecule has 1 unspecified atom stereocenters. The van der Waals surface area contributed by atoms with Crippen LogP contribution in [0.3, 0.4) is 0 Å². The van der Waals surface area contributed by atoms with E-state index in [-0.39, 0.29) is 42.0 Å². The highest BCUT2D eigenvalue weighted by molar-refractivity contribution is 6.30. The fraction of sp³-hybridized carbons (Fsp3) is 0.278. The SMILES string of the molecule is CC[C@](O)(c1cc(F)c2c(c1)C(=O)N([C@H](c1ccc(Cl)cc1)[C@H](C)C(=O)Oc1ccccc1)[C@@]2(O)c1ccc(Cl)cc1)C1COCN1. The molecular weight excluding hydrogens is 646 g/mol. The number of nitrogens with zero attached hydrogens (tertiary/aromatic N) is 1. The van der Waals surface area contributed by atoms with Crippen LogP contribution in [0.25, 0.3) is 0 Å². The average molecular weight is 680 g/mol. The van der Waals surface area contributed by atoms with Crippen LogP contribution in [0.1, 0.15) is 58.9 Å². The number of benzene rings is 4. The van der Waals surface area contributed by atoms with Crippen LogP contribution in [-0.2, 0) is 20.9 Å². The van der Waals surface area contributed by atoms with Crippen molar-refractivity contribution in [1.29, 1.82) is 0 Å². The first-order valence-corrected chi connectivity index (χ1v) is 16.0. The molecule has 8 nitrogen and oxygen atoms in total. The van der Waals surface area contributed by atoms with Gasteiger partial charge in [-0.25, -0.2) is 4.39 Å². The lowest BCUT2D eigenvalue weighted by atomic mass is 9.82. The number of hydrogen-bond donors (Lipinski definition) is 3. The highest BCUT2D eigenvalue weighted by Gasteiger charge is 2.57. The van der Waals surface area contributed by atoms with E-state index in [1.165, 1.54) is 30.3 Å². The molecule has 1 saturated heterocycles. The molecule has 2 heterocycles. The number of esters is 1. The summed E-state index contributed by atoms with van der Waals surface area (Å²) in [7, 11) is 0. The highest BCUT2D eigenvalue weighted by atomic mass is 35.5. The first-order valence-electron chi connectivity index (χ1n) is 15.2. The molecule has 2 aliphatic rings. The Labute approximate surface area is 281 Å². The Hall–Kier alpha value is -3.83. The fourth-order valence-electron chi connectivity index (χ4n) is 6.57. The molecule has 0 aromatic heterocycles. The molecule has 4 aromatic rings. The minimum Gasteiger partial charge on any atom is -0.426 e. The lowest BCUT2D eigenvalue weighted by Gasteiger charge is -2.42. The third kappa shape index (κ3) is 5.82. The van der Waals surface area contributed by atoms with Gasteiger partial charge in [0, 0.05) is 15.6 Å². The van der Waals surface area contributed by atoms with E-state index in [1.807, 2.05) is 0 Å². The smallest absolute Gasteiger partial charge is 0.316 e. The molecular formula is C36H33Cl2FN2O6. The van der Waals surface area contributed by atoms with E-state index in [0.29, 0.717) is 21.4 Å². The molecule has 11 heteroatoms. The summed E-state index contributed by atoms with van der Waals surface area (Å²) in [6, 6.07) is 21.8. The summed E-state index contributed by atoms with van der Waals surface area (Å²) in [6.07, 6.45) is 0.182. The summed E-state index contributed by atoms with van der Waals surface area (Å²) in [5, 5.41) is 28.5. The van der Waals surface area contributed by atoms with Gasteiger partial charge >= 0.3 is 5.97 Å². The van der Waals surface area contributed by atoms with E-state index in [2.05, 4.69) is 5.32 Å². The molecule has 1 amide bonds. The maximum Gasteiger partial charge on any atom is 0.316 e. The summed E-state index contributed by atoms with van der Waals surface area (Å²) >= 11 is 12.4. The zero-order valence-corrected chi connectivity index (χ0v) is 27.1. The summed E-state index contributed by atoms with van der Waals surface area (Å²) < 4.78 is 27.8. The third-order valence-electron chi connectivity index (χ3n) is 9.11. The number of hydrogen-bond acceptors (Lipinski definition) is 7. The molecule has 0 spiro atoms. The number of nitrogens with one attached hydrogen (secondary N) is 1. The second-order valence-corrected chi connectivity index (χ2v) is 12.7. The van der Waals surface area contributed by atoms with Crippen molar-refractivity contribution in [2.45, 2.75) is 43.7 Å². The van der Waals surface area contributed by atoms with Crippen LogP contribution >= 0.6 is 23.2 Å². The number of carbonyl (C=O) groups excluding carboxylic acids is 2. The zero-order valence-electron chi connectivity index (χ0n) is 25.6. The predicted octanol–water partition coefficient (Wildman–Crippen LogP) is 6.31. The van der Waals surface area contributed by atoms with Gasteiger partial charge in [-0.1, -0.05) is 72.6 Å². The van der Waals surface area contributed by atoms with Crippen LogP contribution < -0.4 is 10.1 Å². The molecule has 4 aromatic carbocycles. The largest absolute Gasteiger partial charge is 0.426 e. The number of halogens is 3. The minimum atomic E-state index is -2.41. The Bertz CT molecular complexity index is 1790. The number of amides is 1. The number of para-hydroxylation sites is 1. The van der Waals surface area contributed by atoms with E-state index in [1.54, 1.807) is 68.4 Å². The van der Waals surface area contributed by atoms with Gasteiger partial charge in [-0.05, 0) is 73.0 Å². The summed E-state index contributed by atoms with van der Waals surface area (Å²) in [6.45, 7) is 3.72. The molecule has 2 aliphatic heterocycles. The van der Waals surface area contributed by atoms with Crippen LogP contribution in [0.15, 0.2) is 91.0 Å². The van der Waals surface area contributed by atoms with Crippen molar-refractivity contribution in [3.8, 4) is 5.75 Å². The Balaban J connectivity index is 1.55. The van der Waals surface area contributed by atoms with E-state index in [4.69, 9.17) is 32.7 Å². The van der Waals surface area contributed by atoms with Crippen molar-refractivity contribution in [2.75, 3.05) is 13.3 Å². The molecule has 0 radical (unpaired) electrons. The Morgan fingerprint density at radius 2 is 1.72 bits per heavy atom. The van der Waals surface area contributed by atoms with Gasteiger partial charge in [0.2, 0.25) is 0 Å². The molecule has 244 valence electrons. The minimum absolute atomic E-state index is 0.139. The van der Waals surface area contributed by atoms with Gasteiger partial charge in [0.05, 0.1) is 42.5 Å². The zero-order chi connectivity index (χ0) is 33.5. The van der Waals surface area contributed by atoms with E-state index < -0.39 is 47.0 Å². The molecule has 0 bridgehead atoms. The fourth-order valence-corrected chi connectivity index (χ4v) is 6.82. The van der Waals surface area contributed by atoms with E-state index >= 15 is 4.39 Å². The van der Waals surface area contributed by atoms with Crippen LogP contribution in [0.4, 0.5) is 4.39 Å². The first kappa shape index (κ1) is 33.1. The van der Waals surface area contributed by atoms with E-state index in [0.717, 1.165) is 11.0 Å².